The second kappa shape index (κ2) is 10.3. The van der Waals surface area contributed by atoms with E-state index in [-0.39, 0.29) is 18.3 Å². The van der Waals surface area contributed by atoms with Gasteiger partial charge in [-0.05, 0) is 29.8 Å². The van der Waals surface area contributed by atoms with Crippen molar-refractivity contribution < 1.29 is 23.7 Å². The van der Waals surface area contributed by atoms with Crippen molar-refractivity contribution in [3.8, 4) is 23.0 Å². The first-order chi connectivity index (χ1) is 16.0. The van der Waals surface area contributed by atoms with E-state index in [1.165, 1.54) is 16.4 Å². The van der Waals surface area contributed by atoms with Crippen LogP contribution in [0.1, 0.15) is 11.4 Å². The minimum atomic E-state index is -0.0629. The van der Waals surface area contributed by atoms with Crippen LogP contribution < -0.4 is 24.8 Å². The minimum absolute atomic E-state index is 0.0629. The third-order valence-electron chi connectivity index (χ3n) is 4.92. The highest BCUT2D eigenvalue weighted by Crippen LogP contribution is 2.31. The predicted molar refractivity (Wildman–Crippen MR) is 122 cm³/mol. The van der Waals surface area contributed by atoms with E-state index in [1.54, 1.807) is 25.1 Å². The Labute approximate surface area is 195 Å². The number of thioether (sulfide) groups is 1. The Hall–Kier alpha value is -3.60. The van der Waals surface area contributed by atoms with Crippen LogP contribution >= 0.6 is 11.8 Å². The van der Waals surface area contributed by atoms with Gasteiger partial charge in [0.15, 0.2) is 17.3 Å². The number of nitrogens with zero attached hydrogens (tertiary/aromatic N) is 4. The van der Waals surface area contributed by atoms with Crippen molar-refractivity contribution in [1.29, 1.82) is 0 Å². The second-order valence-corrected chi connectivity index (χ2v) is 8.20. The summed E-state index contributed by atoms with van der Waals surface area (Å²) < 4.78 is 23.4. The molecule has 0 saturated carbocycles. The summed E-state index contributed by atoms with van der Waals surface area (Å²) in [4.78, 5) is 14.3. The molecule has 33 heavy (non-hydrogen) atoms. The van der Waals surface area contributed by atoms with Crippen molar-refractivity contribution in [1.82, 2.24) is 19.8 Å². The van der Waals surface area contributed by atoms with E-state index in [1.807, 2.05) is 36.4 Å². The predicted octanol–water partition coefficient (Wildman–Crippen LogP) is 2.10. The summed E-state index contributed by atoms with van der Waals surface area (Å²) in [6.07, 6.45) is 0. The molecular formula is C22H25N5O5S. The quantitative estimate of drug-likeness (QED) is 0.370. The maximum absolute atomic E-state index is 12.6. The molecule has 11 heteroatoms. The minimum Gasteiger partial charge on any atom is -0.497 e. The molecular weight excluding hydrogens is 446 g/mol. The van der Waals surface area contributed by atoms with E-state index in [4.69, 9.17) is 24.8 Å². The smallest absolute Gasteiger partial charge is 0.233 e. The molecule has 0 unspecified atom stereocenters. The Morgan fingerprint density at radius 3 is 2.76 bits per heavy atom. The van der Waals surface area contributed by atoms with Crippen molar-refractivity contribution in [2.75, 3.05) is 39.0 Å². The van der Waals surface area contributed by atoms with E-state index >= 15 is 0 Å². The molecule has 0 bridgehead atoms. The number of carbonyl (C=O) groups excluding carboxylic acids is 1. The van der Waals surface area contributed by atoms with Crippen LogP contribution in [0, 0.1) is 0 Å². The van der Waals surface area contributed by atoms with Gasteiger partial charge in [-0.2, -0.15) is 0 Å². The van der Waals surface area contributed by atoms with Gasteiger partial charge in [-0.3, -0.25) is 4.79 Å². The normalized spacial score (nSPS) is 12.3. The van der Waals surface area contributed by atoms with Crippen LogP contribution in [0.2, 0.25) is 0 Å². The van der Waals surface area contributed by atoms with Crippen LogP contribution in [-0.2, 0) is 17.9 Å². The Morgan fingerprint density at radius 2 is 1.94 bits per heavy atom. The molecule has 4 rings (SSSR count). The molecule has 1 aliphatic rings. The van der Waals surface area contributed by atoms with E-state index in [9.17, 15) is 4.79 Å². The molecule has 1 aliphatic heterocycles. The summed E-state index contributed by atoms with van der Waals surface area (Å²) in [6.45, 7) is 1.65. The van der Waals surface area contributed by atoms with E-state index in [0.29, 0.717) is 48.0 Å². The van der Waals surface area contributed by atoms with Gasteiger partial charge in [0.25, 0.3) is 0 Å². The van der Waals surface area contributed by atoms with Crippen molar-refractivity contribution in [3.05, 3.63) is 53.9 Å². The highest BCUT2D eigenvalue weighted by molar-refractivity contribution is 7.99. The zero-order valence-electron chi connectivity index (χ0n) is 18.4. The molecule has 3 aromatic rings. The molecule has 1 amide bonds. The zero-order chi connectivity index (χ0) is 23.2. The maximum Gasteiger partial charge on any atom is 0.233 e. The Morgan fingerprint density at radius 1 is 1.15 bits per heavy atom. The number of benzene rings is 2. The highest BCUT2D eigenvalue weighted by atomic mass is 32.2. The fourth-order valence-electron chi connectivity index (χ4n) is 3.13. The van der Waals surface area contributed by atoms with Gasteiger partial charge in [0.2, 0.25) is 11.1 Å². The van der Waals surface area contributed by atoms with Crippen LogP contribution in [0.5, 0.6) is 23.0 Å². The summed E-state index contributed by atoms with van der Waals surface area (Å²) in [7, 11) is 3.34. The molecule has 2 N–H and O–H groups in total. The summed E-state index contributed by atoms with van der Waals surface area (Å²) in [5.41, 5.74) is 0.957. The Kier molecular flexibility index (Phi) is 7.08. The van der Waals surface area contributed by atoms with Crippen LogP contribution in [0.3, 0.4) is 0 Å². The first-order valence-corrected chi connectivity index (χ1v) is 11.2. The van der Waals surface area contributed by atoms with Crippen LogP contribution in [0.4, 0.5) is 0 Å². The van der Waals surface area contributed by atoms with Crippen LogP contribution in [-0.4, -0.2) is 58.8 Å². The van der Waals surface area contributed by atoms with Crippen molar-refractivity contribution in [3.63, 3.8) is 0 Å². The van der Waals surface area contributed by atoms with Crippen molar-refractivity contribution >= 4 is 17.7 Å². The number of amides is 1. The molecule has 0 saturated heterocycles. The molecule has 174 valence electrons. The second-order valence-electron chi connectivity index (χ2n) is 7.25. The van der Waals surface area contributed by atoms with Gasteiger partial charge in [-0.25, -0.2) is 4.68 Å². The summed E-state index contributed by atoms with van der Waals surface area (Å²) in [5, 5.41) is 8.57. The number of aromatic nitrogens is 3. The molecule has 0 atom stereocenters. The molecule has 0 aliphatic carbocycles. The summed E-state index contributed by atoms with van der Waals surface area (Å²) >= 11 is 1.22. The number of rotatable bonds is 9. The fourth-order valence-corrected chi connectivity index (χ4v) is 3.94. The SMILES string of the molecule is COc1cccc(OCc2nnc(SCC(=O)N(C)Cc3ccc4c(c3)OCCO4)n2N)c1. The summed E-state index contributed by atoms with van der Waals surface area (Å²) in [5.74, 6) is 9.39. The lowest BCUT2D eigenvalue weighted by Gasteiger charge is -2.21. The molecule has 2 heterocycles. The first-order valence-electron chi connectivity index (χ1n) is 10.2. The summed E-state index contributed by atoms with van der Waals surface area (Å²) in [6, 6.07) is 12.9. The Bertz CT molecular complexity index is 1120. The topological polar surface area (TPSA) is 114 Å². The fraction of sp³-hybridized carbons (Fsp3) is 0.318. The Balaban J connectivity index is 1.28. The number of hydrogen-bond donors (Lipinski definition) is 1. The number of methoxy groups -OCH3 is 1. The molecule has 0 spiro atoms. The third-order valence-corrected chi connectivity index (χ3v) is 5.85. The van der Waals surface area contributed by atoms with Crippen LogP contribution in [0.25, 0.3) is 0 Å². The number of fused-ring (bicyclic) bond motifs is 1. The largest absolute Gasteiger partial charge is 0.497 e. The van der Waals surface area contributed by atoms with Gasteiger partial charge in [0.05, 0.1) is 12.9 Å². The molecule has 1 aromatic heterocycles. The van der Waals surface area contributed by atoms with Gasteiger partial charge in [-0.1, -0.05) is 23.9 Å². The van der Waals surface area contributed by atoms with Crippen LogP contribution in [0.15, 0.2) is 47.6 Å². The number of ether oxygens (including phenoxy) is 4. The standard InChI is InChI=1S/C22H25N5O5S/c1-26(12-15-6-7-18-19(10-15)31-9-8-30-18)21(28)14-33-22-25-24-20(27(22)23)13-32-17-5-3-4-16(11-17)29-2/h3-7,10-11H,8-9,12-14,23H2,1-2H3. The molecule has 2 aromatic carbocycles. The van der Waals surface area contributed by atoms with Gasteiger partial charge in [0.1, 0.15) is 31.3 Å². The average molecular weight is 472 g/mol. The van der Waals surface area contributed by atoms with Crippen molar-refractivity contribution in [2.45, 2.75) is 18.3 Å². The highest BCUT2D eigenvalue weighted by Gasteiger charge is 2.17. The molecule has 0 fully saturated rings. The number of nitrogen functional groups attached to an aromatic ring is 1. The lowest BCUT2D eigenvalue weighted by atomic mass is 10.2. The van der Waals surface area contributed by atoms with E-state index in [0.717, 1.165) is 11.3 Å². The van der Waals surface area contributed by atoms with Crippen molar-refractivity contribution in [2.24, 2.45) is 0 Å². The monoisotopic (exact) mass is 471 g/mol. The van der Waals surface area contributed by atoms with Gasteiger partial charge in [-0.15, -0.1) is 10.2 Å². The average Bonchev–Trinajstić information content (AvgIpc) is 3.20. The first kappa shape index (κ1) is 22.6. The number of hydrogen-bond acceptors (Lipinski definition) is 9. The van der Waals surface area contributed by atoms with E-state index in [2.05, 4.69) is 10.2 Å². The molecule has 10 nitrogen and oxygen atoms in total. The zero-order valence-corrected chi connectivity index (χ0v) is 19.2. The van der Waals surface area contributed by atoms with Gasteiger partial charge >= 0.3 is 0 Å². The number of nitrogens with two attached hydrogens (primary N) is 1. The lowest BCUT2D eigenvalue weighted by Crippen LogP contribution is -2.28. The van der Waals surface area contributed by atoms with Gasteiger partial charge in [0, 0.05) is 19.7 Å². The molecule has 0 radical (unpaired) electrons. The van der Waals surface area contributed by atoms with Gasteiger partial charge < -0.3 is 29.7 Å². The maximum atomic E-state index is 12.6. The van der Waals surface area contributed by atoms with E-state index < -0.39 is 0 Å². The lowest BCUT2D eigenvalue weighted by molar-refractivity contribution is -0.127. The number of carbonyl (C=O) groups is 1. The third kappa shape index (κ3) is 5.61.